The highest BCUT2D eigenvalue weighted by Gasteiger charge is 2.59. The number of fused-ring (bicyclic) bond motifs is 3. The summed E-state index contributed by atoms with van der Waals surface area (Å²) >= 11 is 7.84. The maximum atomic E-state index is 17.3. The molecule has 4 aliphatic heterocycles. The number of amides is 1. The molecule has 1 unspecified atom stereocenters. The summed E-state index contributed by atoms with van der Waals surface area (Å²) in [4.78, 5) is 32.9. The van der Waals surface area contributed by atoms with Crippen LogP contribution in [0, 0.1) is 28.9 Å². The van der Waals surface area contributed by atoms with E-state index in [1.165, 1.54) is 29.5 Å². The minimum absolute atomic E-state index is 0.0179. The Balaban J connectivity index is 1.17. The third-order valence-electron chi connectivity index (χ3n) is 11.6. The molecule has 4 aliphatic rings. The number of carbonyl (C=O) groups excluding carboxylic acids is 1. The zero-order valence-electron chi connectivity index (χ0n) is 29.9. The first-order valence-corrected chi connectivity index (χ1v) is 19.3. The van der Waals surface area contributed by atoms with E-state index in [4.69, 9.17) is 31.8 Å². The third kappa shape index (κ3) is 5.59. The number of likely N-dealkylation sites (tertiary alicyclic amines) is 1. The summed E-state index contributed by atoms with van der Waals surface area (Å²) < 4.78 is 61.0. The number of aromatic nitrogens is 5. The van der Waals surface area contributed by atoms with Crippen LogP contribution in [0.4, 0.5) is 28.8 Å². The Kier molecular flexibility index (Phi) is 8.61. The Morgan fingerprint density at radius 1 is 1.25 bits per heavy atom. The van der Waals surface area contributed by atoms with Crippen molar-refractivity contribution in [2.45, 2.75) is 63.0 Å². The van der Waals surface area contributed by atoms with Crippen LogP contribution >= 0.6 is 22.9 Å². The van der Waals surface area contributed by atoms with Crippen molar-refractivity contribution in [1.82, 2.24) is 34.5 Å². The monoisotopic (exact) mass is 792 g/mol. The molecule has 0 aliphatic carbocycles. The van der Waals surface area contributed by atoms with Crippen molar-refractivity contribution in [2.75, 3.05) is 50.0 Å². The van der Waals surface area contributed by atoms with Gasteiger partial charge in [-0.25, -0.2) is 22.9 Å². The Morgan fingerprint density at radius 2 is 2.09 bits per heavy atom. The van der Waals surface area contributed by atoms with E-state index in [1.54, 1.807) is 11.0 Å². The molecule has 1 spiro atoms. The Morgan fingerprint density at radius 3 is 2.85 bits per heavy atom. The minimum Gasteiger partial charge on any atom is -0.461 e. The summed E-state index contributed by atoms with van der Waals surface area (Å²) in [6, 6.07) is 5.47. The molecule has 13 nitrogen and oxygen atoms in total. The summed E-state index contributed by atoms with van der Waals surface area (Å²) in [6.07, 6.45) is 4.13. The number of ether oxygens (including phenoxy) is 2. The summed E-state index contributed by atoms with van der Waals surface area (Å²) in [6.45, 7) is 5.94. The van der Waals surface area contributed by atoms with Crippen molar-refractivity contribution in [1.29, 1.82) is 5.26 Å². The van der Waals surface area contributed by atoms with Crippen molar-refractivity contribution in [3.05, 3.63) is 53.1 Å². The first-order valence-electron chi connectivity index (χ1n) is 18.1. The predicted octanol–water partition coefficient (Wildman–Crippen LogP) is 6.38. The highest BCUT2D eigenvalue weighted by molar-refractivity contribution is 7.23. The van der Waals surface area contributed by atoms with Gasteiger partial charge >= 0.3 is 12.0 Å². The number of nitrogen functional groups attached to an aromatic ring is 1. The van der Waals surface area contributed by atoms with Gasteiger partial charge in [-0.2, -0.15) is 25.0 Å². The van der Waals surface area contributed by atoms with Gasteiger partial charge in [0.05, 0.1) is 34.0 Å². The number of anilines is 2. The summed E-state index contributed by atoms with van der Waals surface area (Å²) in [5, 5.41) is 14.5. The third-order valence-corrected chi connectivity index (χ3v) is 13.0. The van der Waals surface area contributed by atoms with Crippen LogP contribution < -0.4 is 15.4 Å². The van der Waals surface area contributed by atoms with Gasteiger partial charge in [-0.3, -0.25) is 9.80 Å². The van der Waals surface area contributed by atoms with Crippen molar-refractivity contribution >= 4 is 60.8 Å². The summed E-state index contributed by atoms with van der Waals surface area (Å²) in [5.41, 5.74) is 4.49. The van der Waals surface area contributed by atoms with Gasteiger partial charge < -0.3 is 20.1 Å². The first-order chi connectivity index (χ1) is 26.4. The van der Waals surface area contributed by atoms with Gasteiger partial charge in [-0.1, -0.05) is 31.5 Å². The zero-order valence-corrected chi connectivity index (χ0v) is 31.5. The van der Waals surface area contributed by atoms with Crippen LogP contribution in [-0.2, 0) is 4.74 Å². The second-order valence-corrected chi connectivity index (χ2v) is 16.6. The SMILES string of the molecule is CC(C)C1C[C@]2(CN(c3nc(OC[C@@]45CCCN4C[C@H](F)C5)nc4c(F)c(-c5ccc(F)c6sc(N)c(C#N)c56)c(Cl)cc34)CCO2)N1C(=O)n1cncn1. The average molecular weight is 793 g/mol. The lowest BCUT2D eigenvalue weighted by atomic mass is 9.81. The van der Waals surface area contributed by atoms with Crippen molar-refractivity contribution in [2.24, 2.45) is 5.92 Å². The highest BCUT2D eigenvalue weighted by atomic mass is 35.5. The predicted molar refractivity (Wildman–Crippen MR) is 200 cm³/mol. The zero-order chi connectivity index (χ0) is 38.4. The maximum Gasteiger partial charge on any atom is 0.348 e. The molecule has 18 heteroatoms. The number of hydrogen-bond donors (Lipinski definition) is 1. The molecule has 9 rings (SSSR count). The number of morpholine rings is 1. The first kappa shape index (κ1) is 35.9. The van der Waals surface area contributed by atoms with E-state index in [1.807, 2.05) is 24.8 Å². The smallest absolute Gasteiger partial charge is 0.348 e. The quantitative estimate of drug-likeness (QED) is 0.204. The van der Waals surface area contributed by atoms with Crippen LogP contribution in [0.3, 0.4) is 0 Å². The second kappa shape index (κ2) is 13.2. The second-order valence-electron chi connectivity index (χ2n) is 15.1. The van der Waals surface area contributed by atoms with E-state index in [0.717, 1.165) is 30.7 Å². The number of halogens is 4. The van der Waals surface area contributed by atoms with E-state index in [9.17, 15) is 14.4 Å². The van der Waals surface area contributed by atoms with Crippen LogP contribution in [0.2, 0.25) is 5.02 Å². The van der Waals surface area contributed by atoms with Gasteiger partial charge in [0.2, 0.25) is 0 Å². The van der Waals surface area contributed by atoms with Gasteiger partial charge in [-0.05, 0) is 43.0 Å². The number of nitrogens with zero attached hydrogens (tertiary/aromatic N) is 9. The van der Waals surface area contributed by atoms with Crippen LogP contribution in [0.5, 0.6) is 6.01 Å². The van der Waals surface area contributed by atoms with Crippen LogP contribution in [0.15, 0.2) is 30.9 Å². The van der Waals surface area contributed by atoms with Crippen LogP contribution in [0.25, 0.3) is 32.1 Å². The fraction of sp³-hybridized carbons (Fsp3) is 0.459. The molecule has 2 aromatic carbocycles. The lowest BCUT2D eigenvalue weighted by molar-refractivity contribution is -0.232. The van der Waals surface area contributed by atoms with E-state index in [2.05, 4.69) is 20.0 Å². The largest absolute Gasteiger partial charge is 0.461 e. The number of thiophene rings is 1. The van der Waals surface area contributed by atoms with Gasteiger partial charge in [0.25, 0.3) is 0 Å². The van der Waals surface area contributed by atoms with Crippen LogP contribution in [0.1, 0.15) is 45.1 Å². The lowest BCUT2D eigenvalue weighted by Gasteiger charge is -2.61. The average Bonchev–Trinajstić information content (AvgIpc) is 3.95. The fourth-order valence-electron chi connectivity index (χ4n) is 9.06. The highest BCUT2D eigenvalue weighted by Crippen LogP contribution is 2.48. The molecule has 7 heterocycles. The Hall–Kier alpha value is -4.76. The molecule has 5 aromatic rings. The van der Waals surface area contributed by atoms with Gasteiger partial charge in [0.15, 0.2) is 11.5 Å². The summed E-state index contributed by atoms with van der Waals surface area (Å²) in [5.74, 6) is -1.04. The lowest BCUT2D eigenvalue weighted by Crippen LogP contribution is -2.76. The van der Waals surface area contributed by atoms with Crippen molar-refractivity contribution in [3.63, 3.8) is 0 Å². The molecule has 0 bridgehead atoms. The number of nitriles is 1. The molecular weight excluding hydrogens is 757 g/mol. The number of alkyl halides is 1. The molecule has 1 amide bonds. The number of benzene rings is 2. The molecule has 3 aromatic heterocycles. The molecule has 4 atom stereocenters. The molecule has 4 fully saturated rings. The molecule has 286 valence electrons. The van der Waals surface area contributed by atoms with Gasteiger partial charge in [-0.15, -0.1) is 11.3 Å². The van der Waals surface area contributed by atoms with Gasteiger partial charge in [0.1, 0.15) is 53.7 Å². The molecular formula is C37H36ClF3N10O3S. The molecule has 0 radical (unpaired) electrons. The van der Waals surface area contributed by atoms with E-state index >= 15 is 8.78 Å². The van der Waals surface area contributed by atoms with Gasteiger partial charge in [0, 0.05) is 48.3 Å². The summed E-state index contributed by atoms with van der Waals surface area (Å²) in [7, 11) is 0. The Bertz CT molecular complexity index is 2410. The topological polar surface area (TPSA) is 152 Å². The Labute approximate surface area is 322 Å². The van der Waals surface area contributed by atoms with Crippen molar-refractivity contribution in [3.8, 4) is 23.2 Å². The minimum atomic E-state index is -1.06. The number of hydrogen-bond acceptors (Lipinski definition) is 12. The molecule has 4 saturated heterocycles. The normalized spacial score (nSPS) is 25.3. The van der Waals surface area contributed by atoms with E-state index < -0.39 is 29.1 Å². The number of rotatable bonds is 6. The number of carbonyl (C=O) groups is 1. The molecule has 2 N–H and O–H groups in total. The van der Waals surface area contributed by atoms with Crippen molar-refractivity contribution < 1.29 is 27.4 Å². The standard InChI is InChI=1S/C37H36ClF3N10O3S/c1-19(2)26-12-37(51(26)35(52)50-18-44-17-45-50)15-48(8-9-54-37)33-22-10-24(38)28(21-4-5-25(40)31-27(21)23(13-42)32(43)55-31)29(41)30(22)46-34(47-33)53-16-36-6-3-7-49(36)14-20(39)11-36/h4-5,10,17-20,26H,3,6-9,11-12,14-16,43H2,1-2H3/t20-,26?,36+,37+/m1/s1. The van der Waals surface area contributed by atoms with E-state index in [-0.39, 0.29) is 91.5 Å². The fourth-order valence-corrected chi connectivity index (χ4v) is 10.3. The van der Waals surface area contributed by atoms with Crippen LogP contribution in [-0.4, -0.2) is 103 Å². The molecule has 55 heavy (non-hydrogen) atoms. The number of nitrogens with two attached hydrogens (primary N) is 1. The van der Waals surface area contributed by atoms with E-state index in [0.29, 0.717) is 31.7 Å². The maximum absolute atomic E-state index is 17.3. The molecule has 0 saturated carbocycles.